The van der Waals surface area contributed by atoms with Gasteiger partial charge in [-0.3, -0.25) is 4.79 Å². The fraction of sp³-hybridized carbons (Fsp3) is 0.100. The number of nitrogens with one attached hydrogen (secondary N) is 1. The molecule has 0 saturated heterocycles. The van der Waals surface area contributed by atoms with Crippen LogP contribution in [0.3, 0.4) is 0 Å². The molecule has 2 aromatic carbocycles. The molecule has 6 heteroatoms. The molecule has 130 valence electrons. The van der Waals surface area contributed by atoms with Crippen LogP contribution in [0, 0.1) is 5.82 Å². The molecule has 26 heavy (non-hydrogen) atoms. The maximum absolute atomic E-state index is 13.0. The van der Waals surface area contributed by atoms with Gasteiger partial charge in [-0.2, -0.15) is 0 Å². The Balaban J connectivity index is 1.64. The van der Waals surface area contributed by atoms with Crippen molar-refractivity contribution in [2.24, 2.45) is 0 Å². The first-order valence-corrected chi connectivity index (χ1v) is 9.10. The van der Waals surface area contributed by atoms with Gasteiger partial charge in [0.2, 0.25) is 0 Å². The smallest absolute Gasteiger partial charge is 0.265 e. The summed E-state index contributed by atoms with van der Waals surface area (Å²) in [5.41, 5.74) is 2.58. The van der Waals surface area contributed by atoms with E-state index < -0.39 is 0 Å². The van der Waals surface area contributed by atoms with Crippen molar-refractivity contribution in [3.8, 4) is 10.7 Å². The number of amides is 1. The Morgan fingerprint density at radius 2 is 1.88 bits per heavy atom. The molecule has 0 aliphatic carbocycles. The molecular weight excluding hydrogens is 349 g/mol. The van der Waals surface area contributed by atoms with Crippen molar-refractivity contribution >= 4 is 34.0 Å². The van der Waals surface area contributed by atoms with Gasteiger partial charge in [0.05, 0.1) is 20.8 Å². The van der Waals surface area contributed by atoms with Crippen LogP contribution >= 0.6 is 11.3 Å². The van der Waals surface area contributed by atoms with Crippen LogP contribution in [-0.2, 0) is 6.54 Å². The van der Waals surface area contributed by atoms with Gasteiger partial charge in [-0.25, -0.2) is 9.37 Å². The Morgan fingerprint density at radius 1 is 1.12 bits per heavy atom. The van der Waals surface area contributed by atoms with Crippen LogP contribution in [-0.4, -0.2) is 15.5 Å². The zero-order valence-corrected chi connectivity index (χ0v) is 14.9. The second-order valence-electron chi connectivity index (χ2n) is 5.79. The highest BCUT2D eigenvalue weighted by Gasteiger charge is 2.16. The van der Waals surface area contributed by atoms with Crippen LogP contribution in [0.4, 0.5) is 10.1 Å². The molecule has 4 rings (SSSR count). The Kier molecular flexibility index (Phi) is 4.26. The number of fused-ring (bicyclic) bond motifs is 1. The summed E-state index contributed by atoms with van der Waals surface area (Å²) in [6.45, 7) is 2.87. The second-order valence-corrected chi connectivity index (χ2v) is 6.88. The summed E-state index contributed by atoms with van der Waals surface area (Å²) in [5.74, 6) is 0.312. The van der Waals surface area contributed by atoms with E-state index in [1.165, 1.54) is 35.6 Å². The SMILES string of the molecule is CCn1c(-c2ccc(C(=O)Nc3ccc(F)cc3)s2)nc2ccccc21. The lowest BCUT2D eigenvalue weighted by Crippen LogP contribution is -2.09. The number of nitrogens with zero attached hydrogens (tertiary/aromatic N) is 2. The zero-order chi connectivity index (χ0) is 18.1. The van der Waals surface area contributed by atoms with Gasteiger partial charge in [-0.05, 0) is 55.5 Å². The van der Waals surface area contributed by atoms with Gasteiger partial charge in [0, 0.05) is 12.2 Å². The van der Waals surface area contributed by atoms with Gasteiger partial charge in [0.1, 0.15) is 5.82 Å². The molecule has 1 amide bonds. The number of anilines is 1. The van der Waals surface area contributed by atoms with E-state index in [-0.39, 0.29) is 11.7 Å². The number of thiophene rings is 1. The van der Waals surface area contributed by atoms with Crippen LogP contribution in [0.2, 0.25) is 0 Å². The second kappa shape index (κ2) is 6.72. The third-order valence-corrected chi connectivity index (χ3v) is 5.20. The van der Waals surface area contributed by atoms with E-state index in [9.17, 15) is 9.18 Å². The first-order chi connectivity index (χ1) is 12.7. The highest BCUT2D eigenvalue weighted by atomic mass is 32.1. The molecule has 2 heterocycles. The van der Waals surface area contributed by atoms with Crippen molar-refractivity contribution < 1.29 is 9.18 Å². The minimum Gasteiger partial charge on any atom is -0.324 e. The third-order valence-electron chi connectivity index (χ3n) is 4.12. The molecule has 0 bridgehead atoms. The lowest BCUT2D eigenvalue weighted by Gasteiger charge is -2.04. The fourth-order valence-corrected chi connectivity index (χ4v) is 3.79. The lowest BCUT2D eigenvalue weighted by molar-refractivity contribution is 0.103. The largest absolute Gasteiger partial charge is 0.324 e. The van der Waals surface area contributed by atoms with Crippen LogP contribution in [0.1, 0.15) is 16.6 Å². The summed E-state index contributed by atoms with van der Waals surface area (Å²) in [5, 5.41) is 2.78. The molecule has 0 saturated carbocycles. The van der Waals surface area contributed by atoms with Crippen LogP contribution in [0.5, 0.6) is 0 Å². The molecule has 0 aliphatic rings. The number of rotatable bonds is 4. The van der Waals surface area contributed by atoms with Crippen molar-refractivity contribution in [1.82, 2.24) is 9.55 Å². The number of aryl methyl sites for hydroxylation is 1. The van der Waals surface area contributed by atoms with E-state index >= 15 is 0 Å². The molecule has 0 atom stereocenters. The fourth-order valence-electron chi connectivity index (χ4n) is 2.89. The summed E-state index contributed by atoms with van der Waals surface area (Å²) in [6, 6.07) is 17.4. The predicted molar refractivity (Wildman–Crippen MR) is 103 cm³/mol. The standard InChI is InChI=1S/C20H16FN3OS/c1-2-24-16-6-4-3-5-15(16)23-19(24)17-11-12-18(26-17)20(25)22-14-9-7-13(21)8-10-14/h3-12H,2H2,1H3,(H,22,25). The summed E-state index contributed by atoms with van der Waals surface area (Å²) >= 11 is 1.39. The monoisotopic (exact) mass is 365 g/mol. The molecule has 0 fully saturated rings. The van der Waals surface area contributed by atoms with Gasteiger partial charge in [-0.1, -0.05) is 12.1 Å². The van der Waals surface area contributed by atoms with Gasteiger partial charge in [0.25, 0.3) is 5.91 Å². The van der Waals surface area contributed by atoms with E-state index in [2.05, 4.69) is 16.8 Å². The molecule has 0 aliphatic heterocycles. The average molecular weight is 365 g/mol. The van der Waals surface area contributed by atoms with Gasteiger partial charge in [-0.15, -0.1) is 11.3 Å². The molecule has 0 unspecified atom stereocenters. The van der Waals surface area contributed by atoms with Gasteiger partial charge >= 0.3 is 0 Å². The van der Waals surface area contributed by atoms with Crippen LogP contribution < -0.4 is 5.32 Å². The van der Waals surface area contributed by atoms with Crippen molar-refractivity contribution in [2.45, 2.75) is 13.5 Å². The number of hydrogen-bond acceptors (Lipinski definition) is 3. The highest BCUT2D eigenvalue weighted by Crippen LogP contribution is 2.31. The van der Waals surface area contributed by atoms with Crippen molar-refractivity contribution in [1.29, 1.82) is 0 Å². The van der Waals surface area contributed by atoms with Crippen molar-refractivity contribution in [3.63, 3.8) is 0 Å². The average Bonchev–Trinajstić information content (AvgIpc) is 3.27. The Morgan fingerprint density at radius 3 is 2.65 bits per heavy atom. The summed E-state index contributed by atoms with van der Waals surface area (Å²) in [6.07, 6.45) is 0. The van der Waals surface area contributed by atoms with E-state index in [4.69, 9.17) is 4.98 Å². The first kappa shape index (κ1) is 16.5. The van der Waals surface area contributed by atoms with Crippen molar-refractivity contribution in [3.05, 3.63) is 71.4 Å². The normalized spacial score (nSPS) is 11.0. The van der Waals surface area contributed by atoms with Crippen molar-refractivity contribution in [2.75, 3.05) is 5.32 Å². The van der Waals surface area contributed by atoms with E-state index in [0.29, 0.717) is 10.6 Å². The first-order valence-electron chi connectivity index (χ1n) is 8.28. The summed E-state index contributed by atoms with van der Waals surface area (Å²) in [4.78, 5) is 18.7. The number of carbonyl (C=O) groups is 1. The molecule has 2 aromatic heterocycles. The summed E-state index contributed by atoms with van der Waals surface area (Å²) < 4.78 is 15.1. The van der Waals surface area contributed by atoms with Crippen LogP contribution in [0.15, 0.2) is 60.7 Å². The molecular formula is C20H16FN3OS. The predicted octanol–water partition coefficient (Wildman–Crippen LogP) is 5.18. The number of aromatic nitrogens is 2. The number of para-hydroxylation sites is 2. The Labute approximate surface area is 153 Å². The summed E-state index contributed by atoms with van der Waals surface area (Å²) in [7, 11) is 0. The number of hydrogen-bond donors (Lipinski definition) is 1. The molecule has 4 nitrogen and oxygen atoms in total. The topological polar surface area (TPSA) is 46.9 Å². The highest BCUT2D eigenvalue weighted by molar-refractivity contribution is 7.17. The van der Waals surface area contributed by atoms with E-state index in [1.54, 1.807) is 6.07 Å². The molecule has 0 radical (unpaired) electrons. The van der Waals surface area contributed by atoms with Gasteiger partial charge in [0.15, 0.2) is 5.82 Å². The number of benzene rings is 2. The van der Waals surface area contributed by atoms with E-state index in [1.807, 2.05) is 30.3 Å². The number of imidazole rings is 1. The Hall–Kier alpha value is -2.99. The molecule has 4 aromatic rings. The zero-order valence-electron chi connectivity index (χ0n) is 14.1. The number of carbonyl (C=O) groups excluding carboxylic acids is 1. The molecule has 1 N–H and O–H groups in total. The van der Waals surface area contributed by atoms with Gasteiger partial charge < -0.3 is 9.88 Å². The van der Waals surface area contributed by atoms with E-state index in [0.717, 1.165) is 28.3 Å². The maximum Gasteiger partial charge on any atom is 0.265 e. The number of halogens is 1. The maximum atomic E-state index is 13.0. The third kappa shape index (κ3) is 2.99. The minimum absolute atomic E-state index is 0.216. The lowest BCUT2D eigenvalue weighted by atomic mass is 10.3. The Bertz CT molecular complexity index is 1080. The van der Waals surface area contributed by atoms with Crippen LogP contribution in [0.25, 0.3) is 21.7 Å². The quantitative estimate of drug-likeness (QED) is 0.542. The molecule has 0 spiro atoms. The minimum atomic E-state index is -0.333.